The van der Waals surface area contributed by atoms with Gasteiger partial charge in [0.1, 0.15) is 5.82 Å². The van der Waals surface area contributed by atoms with Crippen LogP contribution in [0.5, 0.6) is 0 Å². The SMILES string of the molecule is CCC(C)(O)C(O)Cc1ccc(F)cc1Cl. The van der Waals surface area contributed by atoms with E-state index in [0.29, 0.717) is 12.0 Å². The molecule has 0 spiro atoms. The number of aliphatic hydroxyl groups is 2. The van der Waals surface area contributed by atoms with Crippen molar-refractivity contribution < 1.29 is 14.6 Å². The maximum atomic E-state index is 12.8. The number of hydrogen-bond acceptors (Lipinski definition) is 2. The molecule has 0 saturated carbocycles. The Kier molecular flexibility index (Phi) is 4.30. The molecule has 2 N–H and O–H groups in total. The van der Waals surface area contributed by atoms with Crippen molar-refractivity contribution in [3.8, 4) is 0 Å². The van der Waals surface area contributed by atoms with Crippen LogP contribution in [-0.2, 0) is 6.42 Å². The predicted molar refractivity (Wildman–Crippen MR) is 62.0 cm³/mol. The third-order valence-corrected chi connectivity index (χ3v) is 3.21. The van der Waals surface area contributed by atoms with E-state index >= 15 is 0 Å². The van der Waals surface area contributed by atoms with Gasteiger partial charge in [-0.2, -0.15) is 0 Å². The van der Waals surface area contributed by atoms with Crippen LogP contribution in [0.4, 0.5) is 4.39 Å². The summed E-state index contributed by atoms with van der Waals surface area (Å²) < 4.78 is 12.8. The second-order valence-electron chi connectivity index (χ2n) is 4.17. The second kappa shape index (κ2) is 5.13. The van der Waals surface area contributed by atoms with E-state index in [2.05, 4.69) is 0 Å². The molecule has 90 valence electrons. The van der Waals surface area contributed by atoms with Gasteiger partial charge in [-0.15, -0.1) is 0 Å². The van der Waals surface area contributed by atoms with Gasteiger partial charge in [-0.3, -0.25) is 0 Å². The van der Waals surface area contributed by atoms with Crippen molar-refractivity contribution in [2.45, 2.75) is 38.4 Å². The zero-order chi connectivity index (χ0) is 12.3. The summed E-state index contributed by atoms with van der Waals surface area (Å²) >= 11 is 5.83. The molecule has 1 aromatic carbocycles. The van der Waals surface area contributed by atoms with Gasteiger partial charge in [0.05, 0.1) is 11.7 Å². The molecule has 0 bridgehead atoms. The van der Waals surface area contributed by atoms with E-state index in [4.69, 9.17) is 11.6 Å². The Morgan fingerprint density at radius 1 is 1.50 bits per heavy atom. The number of halogens is 2. The number of aliphatic hydroxyl groups excluding tert-OH is 1. The maximum absolute atomic E-state index is 12.8. The van der Waals surface area contributed by atoms with Crippen LogP contribution in [0, 0.1) is 5.82 Å². The predicted octanol–water partition coefficient (Wildman–Crippen LogP) is 2.54. The lowest BCUT2D eigenvalue weighted by Gasteiger charge is -2.28. The zero-order valence-electron chi connectivity index (χ0n) is 9.37. The first-order chi connectivity index (χ1) is 7.36. The maximum Gasteiger partial charge on any atom is 0.124 e. The molecule has 0 aliphatic heterocycles. The summed E-state index contributed by atoms with van der Waals surface area (Å²) in [4.78, 5) is 0. The summed E-state index contributed by atoms with van der Waals surface area (Å²) in [5.74, 6) is -0.412. The molecule has 2 atom stereocenters. The van der Waals surface area contributed by atoms with E-state index in [-0.39, 0.29) is 11.4 Å². The van der Waals surface area contributed by atoms with E-state index < -0.39 is 17.5 Å². The summed E-state index contributed by atoms with van der Waals surface area (Å²) in [6.07, 6.45) is -0.270. The van der Waals surface area contributed by atoms with Gasteiger partial charge in [0.15, 0.2) is 0 Å². The molecule has 0 aliphatic carbocycles. The highest BCUT2D eigenvalue weighted by atomic mass is 35.5. The lowest BCUT2D eigenvalue weighted by atomic mass is 9.91. The van der Waals surface area contributed by atoms with E-state index in [9.17, 15) is 14.6 Å². The highest BCUT2D eigenvalue weighted by Gasteiger charge is 2.28. The average Bonchev–Trinajstić information content (AvgIpc) is 2.22. The van der Waals surface area contributed by atoms with Gasteiger partial charge >= 0.3 is 0 Å². The number of rotatable bonds is 4. The van der Waals surface area contributed by atoms with Crippen LogP contribution in [0.1, 0.15) is 25.8 Å². The summed E-state index contributed by atoms with van der Waals surface area (Å²) in [6.45, 7) is 3.35. The Bertz CT molecular complexity index is 366. The van der Waals surface area contributed by atoms with Gasteiger partial charge in [0.2, 0.25) is 0 Å². The van der Waals surface area contributed by atoms with Crippen molar-refractivity contribution in [1.29, 1.82) is 0 Å². The first-order valence-corrected chi connectivity index (χ1v) is 5.59. The Morgan fingerprint density at radius 3 is 2.62 bits per heavy atom. The highest BCUT2D eigenvalue weighted by molar-refractivity contribution is 6.31. The Morgan fingerprint density at radius 2 is 2.12 bits per heavy atom. The van der Waals surface area contributed by atoms with Gasteiger partial charge in [0, 0.05) is 11.4 Å². The summed E-state index contributed by atoms with van der Waals surface area (Å²) in [7, 11) is 0. The molecule has 0 heterocycles. The molecule has 0 radical (unpaired) electrons. The third-order valence-electron chi connectivity index (χ3n) is 2.86. The molecule has 0 fully saturated rings. The van der Waals surface area contributed by atoms with Crippen molar-refractivity contribution in [2.24, 2.45) is 0 Å². The molecule has 16 heavy (non-hydrogen) atoms. The first-order valence-electron chi connectivity index (χ1n) is 5.21. The highest BCUT2D eigenvalue weighted by Crippen LogP contribution is 2.23. The molecule has 2 nitrogen and oxygen atoms in total. The minimum atomic E-state index is -1.16. The second-order valence-corrected chi connectivity index (χ2v) is 4.57. The van der Waals surface area contributed by atoms with Crippen LogP contribution in [-0.4, -0.2) is 21.9 Å². The van der Waals surface area contributed by atoms with Gasteiger partial charge in [-0.05, 0) is 31.0 Å². The van der Waals surface area contributed by atoms with E-state index in [1.54, 1.807) is 13.8 Å². The van der Waals surface area contributed by atoms with E-state index in [0.717, 1.165) is 0 Å². The van der Waals surface area contributed by atoms with Gasteiger partial charge in [-0.1, -0.05) is 24.6 Å². The Hall–Kier alpha value is -0.640. The molecule has 4 heteroatoms. The quantitative estimate of drug-likeness (QED) is 0.857. The monoisotopic (exact) mass is 246 g/mol. The fraction of sp³-hybridized carbons (Fsp3) is 0.500. The van der Waals surface area contributed by atoms with Crippen LogP contribution in [0.15, 0.2) is 18.2 Å². The standard InChI is InChI=1S/C12H16ClFO2/c1-3-12(2,16)11(15)6-8-4-5-9(14)7-10(8)13/h4-5,7,11,15-16H,3,6H2,1-2H3. The van der Waals surface area contributed by atoms with Crippen LogP contribution in [0.3, 0.4) is 0 Å². The Balaban J connectivity index is 2.81. The summed E-state index contributed by atoms with van der Waals surface area (Å²) in [6, 6.07) is 4.01. The molecular formula is C12H16ClFO2. The van der Waals surface area contributed by atoms with Crippen molar-refractivity contribution in [1.82, 2.24) is 0 Å². The lowest BCUT2D eigenvalue weighted by Crippen LogP contribution is -2.40. The molecule has 0 aromatic heterocycles. The largest absolute Gasteiger partial charge is 0.390 e. The topological polar surface area (TPSA) is 40.5 Å². The number of benzene rings is 1. The molecule has 0 saturated heterocycles. The van der Waals surface area contributed by atoms with Gasteiger partial charge in [-0.25, -0.2) is 4.39 Å². The molecule has 2 unspecified atom stereocenters. The smallest absolute Gasteiger partial charge is 0.124 e. The average molecular weight is 247 g/mol. The van der Waals surface area contributed by atoms with Crippen LogP contribution >= 0.6 is 11.6 Å². The molecule has 0 amide bonds. The first kappa shape index (κ1) is 13.4. The van der Waals surface area contributed by atoms with Crippen molar-refractivity contribution in [3.05, 3.63) is 34.6 Å². The minimum absolute atomic E-state index is 0.208. The number of hydrogen-bond donors (Lipinski definition) is 2. The fourth-order valence-electron chi connectivity index (χ4n) is 1.35. The Labute approximate surface area is 99.7 Å². The van der Waals surface area contributed by atoms with Crippen LogP contribution in [0.25, 0.3) is 0 Å². The minimum Gasteiger partial charge on any atom is -0.390 e. The third kappa shape index (κ3) is 3.17. The summed E-state index contributed by atoms with van der Waals surface area (Å²) in [5, 5.41) is 19.9. The fourth-order valence-corrected chi connectivity index (χ4v) is 1.60. The van der Waals surface area contributed by atoms with Crippen molar-refractivity contribution in [3.63, 3.8) is 0 Å². The van der Waals surface area contributed by atoms with Crippen molar-refractivity contribution >= 4 is 11.6 Å². The lowest BCUT2D eigenvalue weighted by molar-refractivity contribution is -0.0629. The molecule has 1 rings (SSSR count). The van der Waals surface area contributed by atoms with Crippen molar-refractivity contribution in [2.75, 3.05) is 0 Å². The summed E-state index contributed by atoms with van der Waals surface area (Å²) in [5.41, 5.74) is -0.526. The van der Waals surface area contributed by atoms with Gasteiger partial charge in [0.25, 0.3) is 0 Å². The molecular weight excluding hydrogens is 231 g/mol. The molecule has 1 aromatic rings. The van der Waals surface area contributed by atoms with Crippen LogP contribution in [0.2, 0.25) is 5.02 Å². The van der Waals surface area contributed by atoms with E-state index in [1.807, 2.05) is 0 Å². The van der Waals surface area contributed by atoms with E-state index in [1.165, 1.54) is 18.2 Å². The zero-order valence-corrected chi connectivity index (χ0v) is 10.1. The molecule has 0 aliphatic rings. The normalized spacial score (nSPS) is 16.9. The van der Waals surface area contributed by atoms with Crippen LogP contribution < -0.4 is 0 Å². The van der Waals surface area contributed by atoms with Gasteiger partial charge < -0.3 is 10.2 Å².